The van der Waals surface area contributed by atoms with E-state index in [4.69, 9.17) is 0 Å². The van der Waals surface area contributed by atoms with E-state index in [1.165, 1.54) is 46.8 Å². The predicted molar refractivity (Wildman–Crippen MR) is 85.6 cm³/mol. The van der Waals surface area contributed by atoms with Crippen molar-refractivity contribution in [2.45, 2.75) is 51.9 Å². The minimum Gasteiger partial charge on any atom is -0.0561 e. The van der Waals surface area contributed by atoms with E-state index in [1.807, 2.05) is 0 Å². The fourth-order valence-corrected chi connectivity index (χ4v) is 6.07. The molecule has 3 rings (SSSR count). The molecule has 0 heterocycles. The summed E-state index contributed by atoms with van der Waals surface area (Å²) < 4.78 is 3.08. The molecule has 0 N–H and O–H groups in total. The minimum absolute atomic E-state index is 0.0362. The number of hydrogen-bond donors (Lipinski definition) is 0. The summed E-state index contributed by atoms with van der Waals surface area (Å²) in [5.41, 5.74) is 4.36. The van der Waals surface area contributed by atoms with E-state index in [0.29, 0.717) is 0 Å². The van der Waals surface area contributed by atoms with Crippen molar-refractivity contribution in [1.82, 2.24) is 0 Å². The molecular formula is C20H24I+. The summed E-state index contributed by atoms with van der Waals surface area (Å²) in [6.45, 7) is 4.40. The molecule has 0 amide bonds. The second-order valence-corrected chi connectivity index (χ2v) is 9.32. The summed E-state index contributed by atoms with van der Waals surface area (Å²) >= 11 is -0.0362. The van der Waals surface area contributed by atoms with Gasteiger partial charge in [0.25, 0.3) is 0 Å². The van der Waals surface area contributed by atoms with Gasteiger partial charge in [0.1, 0.15) is 0 Å². The predicted octanol–water partition coefficient (Wildman–Crippen LogP) is 2.48. The van der Waals surface area contributed by atoms with Gasteiger partial charge in [-0.3, -0.25) is 0 Å². The van der Waals surface area contributed by atoms with Gasteiger partial charge in [-0.1, -0.05) is 37.5 Å². The van der Waals surface area contributed by atoms with E-state index in [9.17, 15) is 0 Å². The van der Waals surface area contributed by atoms with Crippen LogP contribution in [-0.2, 0) is 0 Å². The lowest BCUT2D eigenvalue weighted by Crippen LogP contribution is -3.61. The minimum atomic E-state index is -0.0362. The molecule has 0 nitrogen and oxygen atoms in total. The van der Waals surface area contributed by atoms with E-state index in [0.717, 1.165) is 5.92 Å². The van der Waals surface area contributed by atoms with Crippen molar-refractivity contribution >= 4 is 0 Å². The molecule has 0 unspecified atom stereocenters. The highest BCUT2D eigenvalue weighted by Crippen LogP contribution is 2.32. The lowest BCUT2D eigenvalue weighted by Gasteiger charge is -2.21. The van der Waals surface area contributed by atoms with Crippen LogP contribution in [0.1, 0.15) is 54.7 Å². The molecule has 1 saturated carbocycles. The van der Waals surface area contributed by atoms with Gasteiger partial charge in [0, 0.05) is 0 Å². The molecule has 21 heavy (non-hydrogen) atoms. The van der Waals surface area contributed by atoms with Gasteiger partial charge in [-0.05, 0) is 73.6 Å². The fraction of sp³-hybridized carbons (Fsp3) is 0.400. The number of benzene rings is 2. The maximum atomic E-state index is 2.40. The third-order valence-electron chi connectivity index (χ3n) is 4.35. The highest BCUT2D eigenvalue weighted by Gasteiger charge is 2.19. The van der Waals surface area contributed by atoms with Gasteiger partial charge in [-0.15, -0.1) is 0 Å². The Bertz CT molecular complexity index is 571. The maximum Gasteiger partial charge on any atom is 0.357 e. The van der Waals surface area contributed by atoms with Crippen LogP contribution in [0.3, 0.4) is 0 Å². The largest absolute Gasteiger partial charge is 0.357 e. The average molecular weight is 391 g/mol. The Balaban J connectivity index is 1.71. The van der Waals surface area contributed by atoms with Crippen LogP contribution in [0.15, 0.2) is 42.5 Å². The number of aryl methyl sites for hydroxylation is 2. The lowest BCUT2D eigenvalue weighted by molar-refractivity contribution is -0.597. The van der Waals surface area contributed by atoms with E-state index in [-0.39, 0.29) is 21.2 Å². The molecule has 0 aromatic heterocycles. The lowest BCUT2D eigenvalue weighted by atomic mass is 9.84. The summed E-state index contributed by atoms with van der Waals surface area (Å²) in [5, 5.41) is 0. The van der Waals surface area contributed by atoms with Gasteiger partial charge in [0.05, 0.1) is 0 Å². The first-order valence-electron chi connectivity index (χ1n) is 8.04. The molecule has 1 heteroatoms. The van der Waals surface area contributed by atoms with Gasteiger partial charge in [0.2, 0.25) is 0 Å². The summed E-state index contributed by atoms with van der Waals surface area (Å²) in [7, 11) is 0. The van der Waals surface area contributed by atoms with Crippen LogP contribution in [-0.4, -0.2) is 0 Å². The summed E-state index contributed by atoms with van der Waals surface area (Å²) in [4.78, 5) is 0. The van der Waals surface area contributed by atoms with Crippen molar-refractivity contribution in [3.05, 3.63) is 66.3 Å². The zero-order chi connectivity index (χ0) is 14.7. The molecule has 0 saturated heterocycles. The number of halogens is 1. The maximum absolute atomic E-state index is 2.40. The SMILES string of the molecule is Cc1cc(C)cc([I+]c2ccc(C3CCCCC3)cc2)c1. The summed E-state index contributed by atoms with van der Waals surface area (Å²) in [6, 6.07) is 16.5. The van der Waals surface area contributed by atoms with Crippen LogP contribution in [0.25, 0.3) is 0 Å². The van der Waals surface area contributed by atoms with Crippen LogP contribution in [0.4, 0.5) is 0 Å². The van der Waals surface area contributed by atoms with Gasteiger partial charge in [0.15, 0.2) is 7.14 Å². The van der Waals surface area contributed by atoms with Crippen molar-refractivity contribution in [3.8, 4) is 0 Å². The Labute approximate surface area is 139 Å². The molecule has 0 spiro atoms. The molecule has 0 radical (unpaired) electrons. The third kappa shape index (κ3) is 4.09. The van der Waals surface area contributed by atoms with E-state index < -0.39 is 0 Å². The first-order chi connectivity index (χ1) is 10.2. The van der Waals surface area contributed by atoms with Gasteiger partial charge < -0.3 is 0 Å². The van der Waals surface area contributed by atoms with Crippen molar-refractivity contribution in [1.29, 1.82) is 0 Å². The smallest absolute Gasteiger partial charge is 0.0561 e. The Morgan fingerprint density at radius 1 is 0.762 bits per heavy atom. The standard InChI is InChI=1S/C20H24I/c1-15-12-16(2)14-20(13-15)21-19-10-8-18(9-11-19)17-6-4-3-5-7-17/h8-14,17H,3-7H2,1-2H3/q+1. The average Bonchev–Trinajstić information content (AvgIpc) is 2.48. The first kappa shape index (κ1) is 15.1. The van der Waals surface area contributed by atoms with Crippen LogP contribution in [0.2, 0.25) is 0 Å². The van der Waals surface area contributed by atoms with Crippen molar-refractivity contribution in [3.63, 3.8) is 0 Å². The van der Waals surface area contributed by atoms with Crippen molar-refractivity contribution in [2.75, 3.05) is 0 Å². The second kappa shape index (κ2) is 6.95. The normalized spacial score (nSPS) is 16.1. The third-order valence-corrected chi connectivity index (χ3v) is 6.94. The molecule has 1 aliphatic rings. The highest BCUT2D eigenvalue weighted by molar-refractivity contribution is 5.21. The number of hydrogen-bond acceptors (Lipinski definition) is 0. The van der Waals surface area contributed by atoms with Gasteiger partial charge in [-0.2, -0.15) is 0 Å². The van der Waals surface area contributed by atoms with E-state index in [2.05, 4.69) is 56.3 Å². The fourth-order valence-electron chi connectivity index (χ4n) is 3.33. The Kier molecular flexibility index (Phi) is 4.99. The summed E-state index contributed by atoms with van der Waals surface area (Å²) in [5.74, 6) is 0.826. The molecular weight excluding hydrogens is 367 g/mol. The second-order valence-electron chi connectivity index (χ2n) is 6.29. The summed E-state index contributed by atoms with van der Waals surface area (Å²) in [6.07, 6.45) is 7.06. The first-order valence-corrected chi connectivity index (χ1v) is 10.2. The molecule has 0 aliphatic heterocycles. The monoisotopic (exact) mass is 391 g/mol. The Morgan fingerprint density at radius 2 is 1.38 bits per heavy atom. The zero-order valence-electron chi connectivity index (χ0n) is 13.0. The topological polar surface area (TPSA) is 0 Å². The Morgan fingerprint density at radius 3 is 2.00 bits per heavy atom. The number of rotatable bonds is 3. The molecule has 0 bridgehead atoms. The zero-order valence-corrected chi connectivity index (χ0v) is 15.2. The van der Waals surface area contributed by atoms with E-state index >= 15 is 0 Å². The van der Waals surface area contributed by atoms with Crippen LogP contribution < -0.4 is 21.2 Å². The van der Waals surface area contributed by atoms with Crippen LogP contribution >= 0.6 is 0 Å². The molecule has 2 aromatic rings. The van der Waals surface area contributed by atoms with Gasteiger partial charge >= 0.3 is 21.2 Å². The van der Waals surface area contributed by atoms with Crippen LogP contribution in [0, 0.1) is 21.0 Å². The van der Waals surface area contributed by atoms with E-state index in [1.54, 1.807) is 9.13 Å². The molecule has 1 aliphatic carbocycles. The Hall–Kier alpha value is -0.830. The molecule has 1 fully saturated rings. The molecule has 0 atom stereocenters. The quantitative estimate of drug-likeness (QED) is 0.706. The molecule has 2 aromatic carbocycles. The highest BCUT2D eigenvalue weighted by atomic mass is 127. The van der Waals surface area contributed by atoms with Crippen molar-refractivity contribution in [2.24, 2.45) is 0 Å². The van der Waals surface area contributed by atoms with Gasteiger partial charge in [-0.25, -0.2) is 0 Å². The molecule has 110 valence electrons. The van der Waals surface area contributed by atoms with Crippen molar-refractivity contribution < 1.29 is 21.2 Å². The van der Waals surface area contributed by atoms with Crippen LogP contribution in [0.5, 0.6) is 0 Å².